The van der Waals surface area contributed by atoms with E-state index < -0.39 is 0 Å². The summed E-state index contributed by atoms with van der Waals surface area (Å²) < 4.78 is 0. The maximum absolute atomic E-state index is 12.4. The Kier molecular flexibility index (Phi) is 5.65. The minimum Gasteiger partial charge on any atom is -0.352 e. The molecular weight excluding hydrogens is 296 g/mol. The summed E-state index contributed by atoms with van der Waals surface area (Å²) in [7, 11) is 0. The standard InChI is InChI=1S/C21H26N2O/c1-17-8-5-6-11-19(17)14-21(24)22-20-12-7-13-23(16-20)15-18-9-3-2-4-10-18/h2-6,8-11,20H,7,12-16H2,1H3,(H,22,24). The Labute approximate surface area is 144 Å². The second-order valence-electron chi connectivity index (χ2n) is 6.73. The van der Waals surface area contributed by atoms with Crippen molar-refractivity contribution in [2.45, 2.75) is 38.8 Å². The number of likely N-dealkylation sites (tertiary alicyclic amines) is 1. The Morgan fingerprint density at radius 3 is 2.67 bits per heavy atom. The maximum atomic E-state index is 12.4. The summed E-state index contributed by atoms with van der Waals surface area (Å²) in [6.45, 7) is 5.07. The van der Waals surface area contributed by atoms with Gasteiger partial charge in [-0.25, -0.2) is 0 Å². The number of piperidine rings is 1. The summed E-state index contributed by atoms with van der Waals surface area (Å²) in [5.41, 5.74) is 3.64. The molecule has 1 heterocycles. The van der Waals surface area contributed by atoms with E-state index in [-0.39, 0.29) is 11.9 Å². The highest BCUT2D eigenvalue weighted by atomic mass is 16.1. The highest BCUT2D eigenvalue weighted by molar-refractivity contribution is 5.79. The Balaban J connectivity index is 1.51. The SMILES string of the molecule is Cc1ccccc1CC(=O)NC1CCCN(Cc2ccccc2)C1. The van der Waals surface area contributed by atoms with Crippen molar-refractivity contribution in [1.29, 1.82) is 0 Å². The molecule has 0 aromatic heterocycles. The number of rotatable bonds is 5. The van der Waals surface area contributed by atoms with Gasteiger partial charge in [-0.1, -0.05) is 54.6 Å². The van der Waals surface area contributed by atoms with E-state index in [0.29, 0.717) is 6.42 Å². The first-order chi connectivity index (χ1) is 11.7. The van der Waals surface area contributed by atoms with Crippen molar-refractivity contribution in [2.24, 2.45) is 0 Å². The Morgan fingerprint density at radius 1 is 1.12 bits per heavy atom. The van der Waals surface area contributed by atoms with E-state index in [1.54, 1.807) is 0 Å². The fraction of sp³-hybridized carbons (Fsp3) is 0.381. The van der Waals surface area contributed by atoms with Crippen LogP contribution in [0.4, 0.5) is 0 Å². The summed E-state index contributed by atoms with van der Waals surface area (Å²) in [6.07, 6.45) is 2.69. The number of carbonyl (C=O) groups is 1. The third kappa shape index (κ3) is 4.68. The molecule has 1 amide bonds. The summed E-state index contributed by atoms with van der Waals surface area (Å²) in [5.74, 6) is 0.135. The van der Waals surface area contributed by atoms with Crippen molar-refractivity contribution < 1.29 is 4.79 Å². The molecule has 3 nitrogen and oxygen atoms in total. The third-order valence-corrected chi connectivity index (χ3v) is 4.73. The zero-order valence-electron chi connectivity index (χ0n) is 14.4. The average Bonchev–Trinajstić information content (AvgIpc) is 2.58. The normalized spacial score (nSPS) is 18.3. The molecule has 0 bridgehead atoms. The van der Waals surface area contributed by atoms with E-state index in [1.807, 2.05) is 24.3 Å². The predicted molar refractivity (Wildman–Crippen MR) is 97.8 cm³/mol. The van der Waals surface area contributed by atoms with Gasteiger partial charge in [-0.3, -0.25) is 9.69 Å². The molecule has 1 unspecified atom stereocenters. The van der Waals surface area contributed by atoms with Crippen LogP contribution in [0.25, 0.3) is 0 Å². The van der Waals surface area contributed by atoms with Crippen LogP contribution in [0, 0.1) is 6.92 Å². The van der Waals surface area contributed by atoms with Crippen LogP contribution in [0.3, 0.4) is 0 Å². The first-order valence-electron chi connectivity index (χ1n) is 8.81. The molecule has 3 heteroatoms. The molecule has 2 aromatic rings. The Hall–Kier alpha value is -2.13. The zero-order chi connectivity index (χ0) is 16.8. The van der Waals surface area contributed by atoms with Gasteiger partial charge >= 0.3 is 0 Å². The molecule has 0 aliphatic carbocycles. The lowest BCUT2D eigenvalue weighted by Crippen LogP contribution is -2.47. The molecule has 2 aromatic carbocycles. The summed E-state index contributed by atoms with van der Waals surface area (Å²) in [6, 6.07) is 18.9. The molecule has 1 aliphatic heterocycles. The van der Waals surface area contributed by atoms with Gasteiger partial charge in [0.25, 0.3) is 0 Å². The predicted octanol–water partition coefficient (Wildman–Crippen LogP) is 3.32. The van der Waals surface area contributed by atoms with E-state index in [9.17, 15) is 4.79 Å². The first kappa shape index (κ1) is 16.7. The van der Waals surface area contributed by atoms with Gasteiger partial charge < -0.3 is 5.32 Å². The largest absolute Gasteiger partial charge is 0.352 e. The molecule has 0 saturated carbocycles. The van der Waals surface area contributed by atoms with Crippen LogP contribution in [0.2, 0.25) is 0 Å². The van der Waals surface area contributed by atoms with Crippen LogP contribution in [-0.4, -0.2) is 29.9 Å². The third-order valence-electron chi connectivity index (χ3n) is 4.73. The van der Waals surface area contributed by atoms with Gasteiger partial charge in [0, 0.05) is 19.1 Å². The lowest BCUT2D eigenvalue weighted by molar-refractivity contribution is -0.121. The first-order valence-corrected chi connectivity index (χ1v) is 8.81. The van der Waals surface area contributed by atoms with Crippen molar-refractivity contribution in [1.82, 2.24) is 10.2 Å². The van der Waals surface area contributed by atoms with Crippen molar-refractivity contribution >= 4 is 5.91 Å². The number of hydrogen-bond donors (Lipinski definition) is 1. The van der Waals surface area contributed by atoms with E-state index in [2.05, 4.69) is 47.5 Å². The summed E-state index contributed by atoms with van der Waals surface area (Å²) in [4.78, 5) is 14.8. The van der Waals surface area contributed by atoms with Gasteiger partial charge in [0.05, 0.1) is 6.42 Å². The maximum Gasteiger partial charge on any atom is 0.224 e. The number of amides is 1. The summed E-state index contributed by atoms with van der Waals surface area (Å²) >= 11 is 0. The fourth-order valence-corrected chi connectivity index (χ4v) is 3.42. The van der Waals surface area contributed by atoms with Crippen molar-refractivity contribution in [3.8, 4) is 0 Å². The lowest BCUT2D eigenvalue weighted by Gasteiger charge is -2.33. The van der Waals surface area contributed by atoms with Crippen molar-refractivity contribution in [2.75, 3.05) is 13.1 Å². The molecule has 0 radical (unpaired) electrons. The van der Waals surface area contributed by atoms with Gasteiger partial charge in [-0.2, -0.15) is 0 Å². The molecular formula is C21H26N2O. The minimum atomic E-state index is 0.135. The second kappa shape index (κ2) is 8.11. The number of benzene rings is 2. The van der Waals surface area contributed by atoms with Crippen LogP contribution in [0.5, 0.6) is 0 Å². The summed E-state index contributed by atoms with van der Waals surface area (Å²) in [5, 5.41) is 3.23. The highest BCUT2D eigenvalue weighted by Gasteiger charge is 2.21. The van der Waals surface area contributed by atoms with Crippen molar-refractivity contribution in [3.63, 3.8) is 0 Å². The van der Waals surface area contributed by atoms with Crippen LogP contribution in [0.15, 0.2) is 54.6 Å². The molecule has 126 valence electrons. The molecule has 3 rings (SSSR count). The van der Waals surface area contributed by atoms with E-state index in [4.69, 9.17) is 0 Å². The second-order valence-corrected chi connectivity index (χ2v) is 6.73. The van der Waals surface area contributed by atoms with Gasteiger partial charge in [-0.05, 0) is 43.0 Å². The van der Waals surface area contributed by atoms with Gasteiger partial charge in [0.15, 0.2) is 0 Å². The number of carbonyl (C=O) groups excluding carboxylic acids is 1. The van der Waals surface area contributed by atoms with Gasteiger partial charge in [0.2, 0.25) is 5.91 Å². The Bertz CT molecular complexity index is 669. The minimum absolute atomic E-state index is 0.135. The molecule has 1 aliphatic rings. The number of nitrogens with zero attached hydrogens (tertiary/aromatic N) is 1. The van der Waals surface area contributed by atoms with Gasteiger partial charge in [0.1, 0.15) is 0 Å². The van der Waals surface area contributed by atoms with Crippen LogP contribution in [0.1, 0.15) is 29.5 Å². The van der Waals surface area contributed by atoms with Crippen LogP contribution < -0.4 is 5.32 Å². The van der Waals surface area contributed by atoms with Crippen molar-refractivity contribution in [3.05, 3.63) is 71.3 Å². The molecule has 1 saturated heterocycles. The molecule has 1 fully saturated rings. The fourth-order valence-electron chi connectivity index (χ4n) is 3.42. The van der Waals surface area contributed by atoms with E-state index >= 15 is 0 Å². The van der Waals surface area contributed by atoms with Gasteiger partial charge in [-0.15, -0.1) is 0 Å². The monoisotopic (exact) mass is 322 g/mol. The number of hydrogen-bond acceptors (Lipinski definition) is 2. The number of aryl methyl sites for hydroxylation is 1. The van der Waals surface area contributed by atoms with Crippen LogP contribution >= 0.6 is 0 Å². The van der Waals surface area contributed by atoms with Crippen LogP contribution in [-0.2, 0) is 17.8 Å². The van der Waals surface area contributed by atoms with E-state index in [0.717, 1.165) is 38.0 Å². The highest BCUT2D eigenvalue weighted by Crippen LogP contribution is 2.14. The molecule has 0 spiro atoms. The number of nitrogens with one attached hydrogen (secondary N) is 1. The average molecular weight is 322 g/mol. The molecule has 1 N–H and O–H groups in total. The lowest BCUT2D eigenvalue weighted by atomic mass is 10.0. The van der Waals surface area contributed by atoms with E-state index in [1.165, 1.54) is 11.1 Å². The quantitative estimate of drug-likeness (QED) is 0.916. The Morgan fingerprint density at radius 2 is 1.88 bits per heavy atom. The zero-order valence-corrected chi connectivity index (χ0v) is 14.4. The topological polar surface area (TPSA) is 32.3 Å². The molecule has 24 heavy (non-hydrogen) atoms. The molecule has 1 atom stereocenters. The smallest absolute Gasteiger partial charge is 0.224 e.